The van der Waals surface area contributed by atoms with Gasteiger partial charge in [0.25, 0.3) is 0 Å². The van der Waals surface area contributed by atoms with Crippen molar-refractivity contribution >= 4 is 20.4 Å². The van der Waals surface area contributed by atoms with Gasteiger partial charge in [0.05, 0.1) is 12.2 Å². The van der Waals surface area contributed by atoms with Crippen molar-refractivity contribution in [2.75, 3.05) is 6.66 Å². The van der Waals surface area contributed by atoms with Gasteiger partial charge in [-0.15, -0.1) is 0 Å². The Hall–Kier alpha value is -2.47. The van der Waals surface area contributed by atoms with E-state index in [1.165, 1.54) is 4.34 Å². The zero-order valence-corrected chi connectivity index (χ0v) is 14.6. The van der Waals surface area contributed by atoms with Crippen LogP contribution in [-0.2, 0) is 19.6 Å². The van der Waals surface area contributed by atoms with Crippen molar-refractivity contribution in [3.63, 3.8) is 0 Å². The van der Waals surface area contributed by atoms with Gasteiger partial charge in [-0.25, -0.2) is 19.1 Å². The minimum atomic E-state index is -0.528. The second kappa shape index (κ2) is 6.57. The molecule has 1 aliphatic heterocycles. The summed E-state index contributed by atoms with van der Waals surface area (Å²) in [4.78, 5) is 34.7. The second-order valence-corrected chi connectivity index (χ2v) is 6.25. The molecule has 1 aliphatic rings. The maximum absolute atomic E-state index is 12.4. The third kappa shape index (κ3) is 2.85. The maximum Gasteiger partial charge on any atom is 0.353 e. The summed E-state index contributed by atoms with van der Waals surface area (Å²) >= 11 is 0. The maximum atomic E-state index is 12.4. The Labute approximate surface area is 140 Å². The average Bonchev–Trinajstić information content (AvgIpc) is 2.56. The van der Waals surface area contributed by atoms with Crippen LogP contribution in [0.25, 0.3) is 0 Å². The summed E-state index contributed by atoms with van der Waals surface area (Å²) in [6.45, 7) is 4.75. The fraction of sp³-hybridized carbons (Fsp3) is 0.333. The molecule has 9 heteroatoms. The SMILES string of the molecule is CCn1c(=O)nc(CN2Cc3ccccc3N=C2N)n(PC)c1=O. The third-order valence-electron chi connectivity index (χ3n) is 3.92. The predicted octanol–water partition coefficient (Wildman–Crippen LogP) is 0.458. The van der Waals surface area contributed by atoms with Crippen LogP contribution in [0.4, 0.5) is 5.69 Å². The molecule has 24 heavy (non-hydrogen) atoms. The molecule has 0 fully saturated rings. The van der Waals surface area contributed by atoms with E-state index in [0.29, 0.717) is 24.9 Å². The Balaban J connectivity index is 1.98. The highest BCUT2D eigenvalue weighted by Crippen LogP contribution is 2.25. The normalized spacial score (nSPS) is 14.1. The summed E-state index contributed by atoms with van der Waals surface area (Å²) in [5.41, 5.74) is 7.07. The van der Waals surface area contributed by atoms with E-state index in [0.717, 1.165) is 15.8 Å². The van der Waals surface area contributed by atoms with Crippen molar-refractivity contribution < 1.29 is 0 Å². The number of hydrogen-bond acceptors (Lipinski definition) is 6. The van der Waals surface area contributed by atoms with Gasteiger partial charge in [-0.1, -0.05) is 18.2 Å². The zero-order chi connectivity index (χ0) is 17.3. The Morgan fingerprint density at radius 1 is 1.29 bits per heavy atom. The van der Waals surface area contributed by atoms with Crippen LogP contribution in [0.5, 0.6) is 0 Å². The molecule has 0 saturated heterocycles. The molecule has 2 aromatic rings. The van der Waals surface area contributed by atoms with E-state index >= 15 is 0 Å². The summed E-state index contributed by atoms with van der Waals surface area (Å²) in [6, 6.07) is 7.74. The van der Waals surface area contributed by atoms with E-state index in [1.807, 2.05) is 35.8 Å². The fourth-order valence-electron chi connectivity index (χ4n) is 2.68. The van der Waals surface area contributed by atoms with Gasteiger partial charge >= 0.3 is 11.4 Å². The fourth-order valence-corrected chi connectivity index (χ4v) is 3.37. The molecule has 0 amide bonds. The molecular weight excluding hydrogens is 327 g/mol. The van der Waals surface area contributed by atoms with Gasteiger partial charge in [-0.2, -0.15) is 4.98 Å². The molecule has 0 spiro atoms. The lowest BCUT2D eigenvalue weighted by molar-refractivity contribution is 0.378. The lowest BCUT2D eigenvalue weighted by Crippen LogP contribution is -2.44. The molecule has 2 N–H and O–H groups in total. The minimum absolute atomic E-state index is 0.175. The van der Waals surface area contributed by atoms with E-state index in [-0.39, 0.29) is 21.0 Å². The number of para-hydroxylation sites is 1. The summed E-state index contributed by atoms with van der Waals surface area (Å²) in [5, 5.41) is 0. The molecule has 0 aliphatic carbocycles. The van der Waals surface area contributed by atoms with E-state index in [9.17, 15) is 9.59 Å². The quantitative estimate of drug-likeness (QED) is 0.811. The first-order chi connectivity index (χ1) is 11.5. The van der Waals surface area contributed by atoms with Crippen molar-refractivity contribution in [2.24, 2.45) is 10.7 Å². The molecule has 126 valence electrons. The number of hydrogen-bond donors (Lipinski definition) is 1. The molecule has 3 rings (SSSR count). The molecule has 1 atom stereocenters. The first-order valence-corrected chi connectivity index (χ1v) is 9.07. The predicted molar refractivity (Wildman–Crippen MR) is 95.0 cm³/mol. The zero-order valence-electron chi connectivity index (χ0n) is 13.6. The summed E-state index contributed by atoms with van der Waals surface area (Å²) in [5.74, 6) is 0.765. The van der Waals surface area contributed by atoms with Crippen molar-refractivity contribution in [3.8, 4) is 0 Å². The van der Waals surface area contributed by atoms with Gasteiger partial charge in [0, 0.05) is 13.1 Å². The summed E-state index contributed by atoms with van der Waals surface area (Å²) in [7, 11) is 0.175. The highest BCUT2D eigenvalue weighted by atomic mass is 31.1. The molecular formula is C15H19N6O2P. The third-order valence-corrected chi connectivity index (χ3v) is 4.82. The van der Waals surface area contributed by atoms with Crippen LogP contribution in [0.15, 0.2) is 38.8 Å². The molecule has 1 aromatic carbocycles. The number of rotatable bonds is 4. The first-order valence-electron chi connectivity index (χ1n) is 7.62. The topological polar surface area (TPSA) is 98.5 Å². The van der Waals surface area contributed by atoms with E-state index in [4.69, 9.17) is 5.73 Å². The van der Waals surface area contributed by atoms with Crippen molar-refractivity contribution in [1.82, 2.24) is 18.8 Å². The molecule has 0 radical (unpaired) electrons. The molecule has 1 aromatic heterocycles. The number of aliphatic imine (C=N–C) groups is 1. The monoisotopic (exact) mass is 346 g/mol. The number of guanidine groups is 1. The number of aromatic nitrogens is 3. The summed E-state index contributed by atoms with van der Waals surface area (Å²) < 4.78 is 2.65. The standard InChI is InChI=1S/C15H19N6O2P/c1-3-20-14(22)18-12(21(24-2)15(20)23)9-19-8-10-6-4-5-7-11(10)17-13(19)16/h4-7,24H,3,8-9H2,1-2H3,(H2,16,17). The largest absolute Gasteiger partial charge is 0.369 e. The number of benzene rings is 1. The van der Waals surface area contributed by atoms with E-state index in [2.05, 4.69) is 9.98 Å². The lowest BCUT2D eigenvalue weighted by atomic mass is 10.1. The van der Waals surface area contributed by atoms with Crippen LogP contribution in [0.2, 0.25) is 0 Å². The Morgan fingerprint density at radius 2 is 2.04 bits per heavy atom. The van der Waals surface area contributed by atoms with Gasteiger partial charge in [-0.3, -0.25) is 4.34 Å². The lowest BCUT2D eigenvalue weighted by Gasteiger charge is -2.28. The second-order valence-electron chi connectivity index (χ2n) is 5.35. The van der Waals surface area contributed by atoms with Gasteiger partial charge in [0.15, 0.2) is 5.96 Å². The molecule has 0 saturated carbocycles. The Kier molecular flexibility index (Phi) is 4.49. The van der Waals surface area contributed by atoms with Crippen LogP contribution in [0.1, 0.15) is 18.3 Å². The van der Waals surface area contributed by atoms with Crippen LogP contribution >= 0.6 is 8.73 Å². The Bertz CT molecular complexity index is 917. The Morgan fingerprint density at radius 3 is 2.75 bits per heavy atom. The smallest absolute Gasteiger partial charge is 0.353 e. The minimum Gasteiger partial charge on any atom is -0.369 e. The number of nitrogens with zero attached hydrogens (tertiary/aromatic N) is 5. The van der Waals surface area contributed by atoms with Crippen molar-refractivity contribution in [1.29, 1.82) is 0 Å². The van der Waals surface area contributed by atoms with Crippen LogP contribution in [-0.4, -0.2) is 31.4 Å². The highest BCUT2D eigenvalue weighted by molar-refractivity contribution is 7.35. The van der Waals surface area contributed by atoms with Gasteiger partial charge in [0.1, 0.15) is 5.82 Å². The number of nitrogens with two attached hydrogens (primary N) is 1. The highest BCUT2D eigenvalue weighted by Gasteiger charge is 2.20. The van der Waals surface area contributed by atoms with Crippen molar-refractivity contribution in [3.05, 3.63) is 56.6 Å². The van der Waals surface area contributed by atoms with Gasteiger partial charge in [-0.05, 0) is 33.9 Å². The van der Waals surface area contributed by atoms with Crippen LogP contribution < -0.4 is 17.1 Å². The van der Waals surface area contributed by atoms with Crippen LogP contribution in [0.3, 0.4) is 0 Å². The molecule has 8 nitrogen and oxygen atoms in total. The van der Waals surface area contributed by atoms with E-state index in [1.54, 1.807) is 6.92 Å². The van der Waals surface area contributed by atoms with Gasteiger partial charge in [0.2, 0.25) is 0 Å². The van der Waals surface area contributed by atoms with Crippen LogP contribution in [0, 0.1) is 0 Å². The average molecular weight is 346 g/mol. The molecule has 0 bridgehead atoms. The van der Waals surface area contributed by atoms with Gasteiger partial charge < -0.3 is 10.6 Å². The summed E-state index contributed by atoms with van der Waals surface area (Å²) in [6.07, 6.45) is 0. The van der Waals surface area contributed by atoms with E-state index < -0.39 is 5.69 Å². The molecule has 1 unspecified atom stereocenters. The number of fused-ring (bicyclic) bond motifs is 1. The molecule has 2 heterocycles. The van der Waals surface area contributed by atoms with Crippen molar-refractivity contribution in [2.45, 2.75) is 26.6 Å². The first kappa shape index (κ1) is 16.4.